The van der Waals surface area contributed by atoms with Gasteiger partial charge in [-0.15, -0.1) is 0 Å². The molecule has 24 heavy (non-hydrogen) atoms. The Morgan fingerprint density at radius 2 is 1.33 bits per heavy atom. The van der Waals surface area contributed by atoms with Crippen LogP contribution in [0.5, 0.6) is 0 Å². The monoisotopic (exact) mass is 335 g/mol. The molecule has 0 spiro atoms. The Labute approximate surface area is 148 Å². The first kappa shape index (κ1) is 16.7. The normalized spacial score (nSPS) is 10.7. The zero-order chi connectivity index (χ0) is 16.6. The summed E-state index contributed by atoms with van der Waals surface area (Å²) in [6.07, 6.45) is 8.16. The molecule has 0 unspecified atom stereocenters. The SMILES string of the molecule is SCCCCCc1cc(-c2ccccn2)nc(-c2ccccn2)c1. The van der Waals surface area contributed by atoms with Gasteiger partial charge in [-0.1, -0.05) is 18.6 Å². The van der Waals surface area contributed by atoms with Gasteiger partial charge in [-0.05, 0) is 67.0 Å². The number of hydrogen-bond donors (Lipinski definition) is 1. The van der Waals surface area contributed by atoms with Crippen molar-refractivity contribution in [1.82, 2.24) is 15.0 Å². The summed E-state index contributed by atoms with van der Waals surface area (Å²) in [5.41, 5.74) is 4.88. The number of aromatic nitrogens is 3. The number of unbranched alkanes of at least 4 members (excludes halogenated alkanes) is 2. The summed E-state index contributed by atoms with van der Waals surface area (Å²) in [5.74, 6) is 0.953. The fraction of sp³-hybridized carbons (Fsp3) is 0.250. The average Bonchev–Trinajstić information content (AvgIpc) is 2.66. The lowest BCUT2D eigenvalue weighted by Crippen LogP contribution is -1.96. The van der Waals surface area contributed by atoms with E-state index in [0.717, 1.165) is 47.8 Å². The Morgan fingerprint density at radius 3 is 1.83 bits per heavy atom. The Hall–Kier alpha value is -2.20. The summed E-state index contributed by atoms with van der Waals surface area (Å²) in [5, 5.41) is 0. The Kier molecular flexibility index (Phi) is 5.96. The quantitative estimate of drug-likeness (QED) is 0.495. The van der Waals surface area contributed by atoms with Gasteiger partial charge >= 0.3 is 0 Å². The molecule has 3 rings (SSSR count). The topological polar surface area (TPSA) is 38.7 Å². The molecule has 0 saturated carbocycles. The molecule has 0 amide bonds. The van der Waals surface area contributed by atoms with Crippen molar-refractivity contribution in [2.24, 2.45) is 0 Å². The number of thiol groups is 1. The zero-order valence-corrected chi connectivity index (χ0v) is 14.5. The summed E-state index contributed by atoms with van der Waals surface area (Å²) in [4.78, 5) is 13.7. The van der Waals surface area contributed by atoms with Gasteiger partial charge in [0.2, 0.25) is 0 Å². The molecule has 3 aromatic heterocycles. The molecule has 0 radical (unpaired) electrons. The van der Waals surface area contributed by atoms with Gasteiger partial charge in [0.15, 0.2) is 0 Å². The Bertz CT molecular complexity index is 703. The van der Waals surface area contributed by atoms with E-state index in [9.17, 15) is 0 Å². The lowest BCUT2D eigenvalue weighted by atomic mass is 10.0. The highest BCUT2D eigenvalue weighted by Gasteiger charge is 2.08. The molecule has 0 aliphatic carbocycles. The van der Waals surface area contributed by atoms with E-state index in [-0.39, 0.29) is 0 Å². The van der Waals surface area contributed by atoms with Crippen LogP contribution in [0.1, 0.15) is 24.8 Å². The molecule has 0 aliphatic heterocycles. The van der Waals surface area contributed by atoms with E-state index in [1.54, 1.807) is 12.4 Å². The van der Waals surface area contributed by atoms with Gasteiger partial charge in [-0.3, -0.25) is 9.97 Å². The molecular weight excluding hydrogens is 314 g/mol. The van der Waals surface area contributed by atoms with Gasteiger partial charge in [0.05, 0.1) is 22.8 Å². The second-order valence-corrected chi connectivity index (χ2v) is 6.16. The minimum atomic E-state index is 0.895. The second-order valence-electron chi connectivity index (χ2n) is 5.71. The van der Waals surface area contributed by atoms with E-state index in [1.807, 2.05) is 36.4 Å². The van der Waals surface area contributed by atoms with Gasteiger partial charge < -0.3 is 0 Å². The number of pyridine rings is 3. The smallest absolute Gasteiger partial charge is 0.0897 e. The molecule has 0 fully saturated rings. The van der Waals surface area contributed by atoms with Crippen LogP contribution in [-0.2, 0) is 6.42 Å². The van der Waals surface area contributed by atoms with Crippen LogP contribution in [0.25, 0.3) is 22.8 Å². The van der Waals surface area contributed by atoms with E-state index in [0.29, 0.717) is 0 Å². The predicted molar refractivity (Wildman–Crippen MR) is 102 cm³/mol. The standard InChI is InChI=1S/C20H21N3S/c24-13-7-1-2-8-16-14-19(17-9-3-5-11-21-17)23-20(15-16)18-10-4-6-12-22-18/h3-6,9-12,14-15,24H,1-2,7-8,13H2. The van der Waals surface area contributed by atoms with Crippen LogP contribution in [0.4, 0.5) is 0 Å². The van der Waals surface area contributed by atoms with Crippen molar-refractivity contribution < 1.29 is 0 Å². The maximum atomic E-state index is 4.78. The van der Waals surface area contributed by atoms with Crippen molar-refractivity contribution >= 4 is 12.6 Å². The highest BCUT2D eigenvalue weighted by atomic mass is 32.1. The molecule has 0 N–H and O–H groups in total. The van der Waals surface area contributed by atoms with Crippen LogP contribution in [-0.4, -0.2) is 20.7 Å². The van der Waals surface area contributed by atoms with Crippen molar-refractivity contribution in [3.63, 3.8) is 0 Å². The van der Waals surface area contributed by atoms with Crippen molar-refractivity contribution in [2.45, 2.75) is 25.7 Å². The van der Waals surface area contributed by atoms with Crippen molar-refractivity contribution in [3.8, 4) is 22.8 Å². The van der Waals surface area contributed by atoms with Gasteiger partial charge in [-0.2, -0.15) is 12.6 Å². The van der Waals surface area contributed by atoms with E-state index in [4.69, 9.17) is 4.98 Å². The minimum absolute atomic E-state index is 0.895. The summed E-state index contributed by atoms with van der Waals surface area (Å²) in [6.45, 7) is 0. The molecule has 0 atom stereocenters. The largest absolute Gasteiger partial charge is 0.255 e. The average molecular weight is 335 g/mol. The molecule has 3 aromatic rings. The van der Waals surface area contributed by atoms with Crippen LogP contribution < -0.4 is 0 Å². The Balaban J connectivity index is 1.93. The van der Waals surface area contributed by atoms with Gasteiger partial charge in [-0.25, -0.2) is 4.98 Å². The molecule has 3 nitrogen and oxygen atoms in total. The van der Waals surface area contributed by atoms with Crippen LogP contribution >= 0.6 is 12.6 Å². The highest BCUT2D eigenvalue weighted by Crippen LogP contribution is 2.23. The van der Waals surface area contributed by atoms with Crippen molar-refractivity contribution in [2.75, 3.05) is 5.75 Å². The number of hydrogen-bond acceptors (Lipinski definition) is 4. The third-order valence-corrected chi connectivity index (χ3v) is 4.18. The second kappa shape index (κ2) is 8.60. The first-order chi connectivity index (χ1) is 11.9. The maximum absolute atomic E-state index is 4.78. The molecule has 0 aromatic carbocycles. The highest BCUT2D eigenvalue weighted by molar-refractivity contribution is 7.80. The maximum Gasteiger partial charge on any atom is 0.0897 e. The van der Waals surface area contributed by atoms with Crippen LogP contribution in [0.15, 0.2) is 60.9 Å². The zero-order valence-electron chi connectivity index (χ0n) is 13.6. The third kappa shape index (κ3) is 4.42. The first-order valence-electron chi connectivity index (χ1n) is 8.31. The van der Waals surface area contributed by atoms with E-state index in [2.05, 4.69) is 34.7 Å². The van der Waals surface area contributed by atoms with E-state index in [1.165, 1.54) is 12.0 Å². The first-order valence-corrected chi connectivity index (χ1v) is 8.95. The van der Waals surface area contributed by atoms with Gasteiger partial charge in [0, 0.05) is 12.4 Å². The molecule has 4 heteroatoms. The minimum Gasteiger partial charge on any atom is -0.255 e. The Morgan fingerprint density at radius 1 is 0.708 bits per heavy atom. The fourth-order valence-corrected chi connectivity index (χ4v) is 2.86. The third-order valence-electron chi connectivity index (χ3n) is 3.86. The van der Waals surface area contributed by atoms with Crippen molar-refractivity contribution in [1.29, 1.82) is 0 Å². The summed E-state index contributed by atoms with van der Waals surface area (Å²) >= 11 is 4.28. The molecule has 0 saturated heterocycles. The molecular formula is C20H21N3S. The van der Waals surface area contributed by atoms with Crippen molar-refractivity contribution in [3.05, 3.63) is 66.5 Å². The van der Waals surface area contributed by atoms with Gasteiger partial charge in [0.1, 0.15) is 0 Å². The number of nitrogens with zero attached hydrogens (tertiary/aromatic N) is 3. The van der Waals surface area contributed by atoms with E-state index < -0.39 is 0 Å². The molecule has 3 heterocycles. The predicted octanol–water partition coefficient (Wildman–Crippen LogP) is 4.85. The van der Waals surface area contributed by atoms with Crippen LogP contribution in [0, 0.1) is 0 Å². The summed E-state index contributed by atoms with van der Waals surface area (Å²) < 4.78 is 0. The lowest BCUT2D eigenvalue weighted by molar-refractivity contribution is 0.723. The van der Waals surface area contributed by atoms with E-state index >= 15 is 0 Å². The number of aryl methyl sites for hydroxylation is 1. The molecule has 0 bridgehead atoms. The number of rotatable bonds is 7. The summed E-state index contributed by atoms with van der Waals surface area (Å²) in [6, 6.07) is 16.1. The van der Waals surface area contributed by atoms with Crippen LogP contribution in [0.3, 0.4) is 0 Å². The molecule has 122 valence electrons. The summed E-state index contributed by atoms with van der Waals surface area (Å²) in [7, 11) is 0. The van der Waals surface area contributed by atoms with Crippen LogP contribution in [0.2, 0.25) is 0 Å². The van der Waals surface area contributed by atoms with Gasteiger partial charge in [0.25, 0.3) is 0 Å². The lowest BCUT2D eigenvalue weighted by Gasteiger charge is -2.09. The fourth-order valence-electron chi connectivity index (χ4n) is 2.64. The molecule has 0 aliphatic rings.